The zero-order valence-electron chi connectivity index (χ0n) is 11.6. The first-order valence-electron chi connectivity index (χ1n) is 6.13. The van der Waals surface area contributed by atoms with Gasteiger partial charge in [-0.05, 0) is 52.3 Å². The number of carbonyl (C=O) groups is 1. The first-order chi connectivity index (χ1) is 10.0. The summed E-state index contributed by atoms with van der Waals surface area (Å²) in [5, 5.41) is 2.78. The number of nitrogens with one attached hydrogen (secondary N) is 1. The molecular formula is C15H15BrN2O3. The molecule has 0 aliphatic carbocycles. The highest BCUT2D eigenvalue weighted by atomic mass is 79.9. The number of rotatable bonds is 4. The van der Waals surface area contributed by atoms with Gasteiger partial charge in [0, 0.05) is 15.8 Å². The molecule has 0 atom stereocenters. The lowest BCUT2D eigenvalue weighted by Crippen LogP contribution is -2.13. The minimum absolute atomic E-state index is 0.299. The lowest BCUT2D eigenvalue weighted by Gasteiger charge is -2.11. The van der Waals surface area contributed by atoms with Crippen LogP contribution in [-0.2, 0) is 0 Å². The van der Waals surface area contributed by atoms with Crippen molar-refractivity contribution in [3.05, 3.63) is 46.4 Å². The van der Waals surface area contributed by atoms with Crippen molar-refractivity contribution in [2.75, 3.05) is 25.3 Å². The predicted octanol–water partition coefficient (Wildman–Crippen LogP) is 3.30. The van der Waals surface area contributed by atoms with E-state index >= 15 is 0 Å². The van der Waals surface area contributed by atoms with Crippen LogP contribution in [0.5, 0.6) is 11.5 Å². The highest BCUT2D eigenvalue weighted by Crippen LogP contribution is 2.26. The molecule has 0 heterocycles. The second-order valence-electron chi connectivity index (χ2n) is 4.26. The third-order valence-corrected chi connectivity index (χ3v) is 3.63. The van der Waals surface area contributed by atoms with Crippen molar-refractivity contribution in [1.29, 1.82) is 0 Å². The average Bonchev–Trinajstić information content (AvgIpc) is 2.50. The molecule has 21 heavy (non-hydrogen) atoms. The third-order valence-electron chi connectivity index (χ3n) is 2.91. The van der Waals surface area contributed by atoms with Crippen molar-refractivity contribution in [3.63, 3.8) is 0 Å². The summed E-state index contributed by atoms with van der Waals surface area (Å²) in [5.41, 5.74) is 7.33. The summed E-state index contributed by atoms with van der Waals surface area (Å²) in [6.07, 6.45) is 0. The van der Waals surface area contributed by atoms with E-state index in [1.165, 1.54) is 7.11 Å². The summed E-state index contributed by atoms with van der Waals surface area (Å²) in [4.78, 5) is 12.4. The smallest absolute Gasteiger partial charge is 0.259 e. The molecule has 3 N–H and O–H groups in total. The lowest BCUT2D eigenvalue weighted by atomic mass is 10.1. The molecule has 5 nitrogen and oxygen atoms in total. The Morgan fingerprint density at radius 2 is 1.90 bits per heavy atom. The number of benzene rings is 2. The van der Waals surface area contributed by atoms with Crippen LogP contribution in [0.3, 0.4) is 0 Å². The van der Waals surface area contributed by atoms with E-state index in [-0.39, 0.29) is 5.91 Å². The van der Waals surface area contributed by atoms with Crippen LogP contribution in [0.2, 0.25) is 0 Å². The van der Waals surface area contributed by atoms with Crippen LogP contribution in [-0.4, -0.2) is 20.1 Å². The fraction of sp³-hybridized carbons (Fsp3) is 0.133. The van der Waals surface area contributed by atoms with E-state index in [1.807, 2.05) is 0 Å². The summed E-state index contributed by atoms with van der Waals surface area (Å²) in [7, 11) is 3.05. The van der Waals surface area contributed by atoms with Gasteiger partial charge in [0.25, 0.3) is 5.91 Å². The number of hydrogen-bond donors (Lipinski definition) is 2. The maximum Gasteiger partial charge on any atom is 0.259 e. The zero-order chi connectivity index (χ0) is 15.4. The van der Waals surface area contributed by atoms with Gasteiger partial charge >= 0.3 is 0 Å². The van der Waals surface area contributed by atoms with E-state index in [2.05, 4.69) is 21.2 Å². The first kappa shape index (κ1) is 15.2. The van der Waals surface area contributed by atoms with E-state index in [0.29, 0.717) is 28.4 Å². The minimum Gasteiger partial charge on any atom is -0.497 e. The first-order valence-corrected chi connectivity index (χ1v) is 6.93. The van der Waals surface area contributed by atoms with Crippen molar-refractivity contribution in [2.24, 2.45) is 0 Å². The van der Waals surface area contributed by atoms with E-state index < -0.39 is 0 Å². The summed E-state index contributed by atoms with van der Waals surface area (Å²) in [6.45, 7) is 0. The van der Waals surface area contributed by atoms with Gasteiger partial charge in [0.2, 0.25) is 0 Å². The monoisotopic (exact) mass is 350 g/mol. The van der Waals surface area contributed by atoms with Crippen LogP contribution in [0.15, 0.2) is 40.9 Å². The van der Waals surface area contributed by atoms with Crippen molar-refractivity contribution >= 4 is 33.2 Å². The number of halogens is 1. The van der Waals surface area contributed by atoms with Crippen molar-refractivity contribution in [3.8, 4) is 11.5 Å². The van der Waals surface area contributed by atoms with Crippen molar-refractivity contribution in [1.82, 2.24) is 0 Å². The van der Waals surface area contributed by atoms with Gasteiger partial charge in [-0.2, -0.15) is 0 Å². The molecule has 2 rings (SSSR count). The fourth-order valence-corrected chi connectivity index (χ4v) is 2.06. The van der Waals surface area contributed by atoms with Gasteiger partial charge in [0.1, 0.15) is 11.5 Å². The molecule has 1 amide bonds. The molecule has 0 saturated carbocycles. The van der Waals surface area contributed by atoms with Crippen LogP contribution in [0.25, 0.3) is 0 Å². The van der Waals surface area contributed by atoms with Gasteiger partial charge in [0.05, 0.1) is 19.8 Å². The van der Waals surface area contributed by atoms with E-state index in [1.54, 1.807) is 43.5 Å². The molecule has 0 fully saturated rings. The summed E-state index contributed by atoms with van der Waals surface area (Å²) >= 11 is 3.31. The molecule has 2 aromatic rings. The van der Waals surface area contributed by atoms with E-state index in [9.17, 15) is 4.79 Å². The third kappa shape index (κ3) is 3.46. The Morgan fingerprint density at radius 3 is 2.52 bits per heavy atom. The fourth-order valence-electron chi connectivity index (χ4n) is 1.81. The number of hydrogen-bond acceptors (Lipinski definition) is 4. The maximum atomic E-state index is 12.4. The number of amides is 1. The normalized spacial score (nSPS) is 10.0. The number of ether oxygens (including phenoxy) is 2. The van der Waals surface area contributed by atoms with Crippen molar-refractivity contribution in [2.45, 2.75) is 0 Å². The van der Waals surface area contributed by atoms with Crippen molar-refractivity contribution < 1.29 is 14.3 Å². The second kappa shape index (κ2) is 6.49. The molecule has 0 saturated heterocycles. The molecule has 0 aliphatic heterocycles. The number of nitrogen functional groups attached to an aromatic ring is 1. The van der Waals surface area contributed by atoms with E-state index in [4.69, 9.17) is 15.2 Å². The summed E-state index contributed by atoms with van der Waals surface area (Å²) < 4.78 is 11.1. The average molecular weight is 351 g/mol. The Morgan fingerprint density at radius 1 is 1.14 bits per heavy atom. The van der Waals surface area contributed by atoms with Crippen LogP contribution in [0.4, 0.5) is 11.4 Å². The minimum atomic E-state index is -0.299. The number of anilines is 2. The van der Waals surface area contributed by atoms with Gasteiger partial charge in [0.15, 0.2) is 0 Å². The molecule has 0 radical (unpaired) electrons. The molecule has 0 bridgehead atoms. The molecule has 0 unspecified atom stereocenters. The predicted molar refractivity (Wildman–Crippen MR) is 86.1 cm³/mol. The van der Waals surface area contributed by atoms with Gasteiger partial charge in [-0.1, -0.05) is 0 Å². The molecule has 6 heteroatoms. The number of carbonyl (C=O) groups excluding carboxylic acids is 1. The van der Waals surface area contributed by atoms with E-state index in [0.717, 1.165) is 4.47 Å². The lowest BCUT2D eigenvalue weighted by molar-refractivity contribution is 0.102. The molecule has 0 aromatic heterocycles. The molecule has 0 aliphatic rings. The van der Waals surface area contributed by atoms with Gasteiger partial charge in [-0.15, -0.1) is 0 Å². The largest absolute Gasteiger partial charge is 0.497 e. The Labute approximate surface area is 131 Å². The van der Waals surface area contributed by atoms with Crippen LogP contribution in [0.1, 0.15) is 10.4 Å². The molecule has 0 spiro atoms. The quantitative estimate of drug-likeness (QED) is 0.829. The highest BCUT2D eigenvalue weighted by Gasteiger charge is 2.14. The Balaban J connectivity index is 2.28. The van der Waals surface area contributed by atoms with Crippen LogP contribution < -0.4 is 20.5 Å². The Kier molecular flexibility index (Phi) is 4.70. The molecular weight excluding hydrogens is 336 g/mol. The SMILES string of the molecule is COc1ccc(OC)c(C(=O)Nc2ccc(Br)c(N)c2)c1. The zero-order valence-corrected chi connectivity index (χ0v) is 13.2. The summed E-state index contributed by atoms with van der Waals surface area (Å²) in [5.74, 6) is 0.752. The number of nitrogens with two attached hydrogens (primary N) is 1. The Hall–Kier alpha value is -2.21. The molecule has 110 valence electrons. The maximum absolute atomic E-state index is 12.4. The molecule has 2 aromatic carbocycles. The van der Waals surface area contributed by atoms with Gasteiger partial charge in [-0.3, -0.25) is 4.79 Å². The second-order valence-corrected chi connectivity index (χ2v) is 5.11. The highest BCUT2D eigenvalue weighted by molar-refractivity contribution is 9.10. The summed E-state index contributed by atoms with van der Waals surface area (Å²) in [6, 6.07) is 10.2. The number of methoxy groups -OCH3 is 2. The van der Waals surface area contributed by atoms with Crippen LogP contribution >= 0.6 is 15.9 Å². The Bertz CT molecular complexity index is 674. The van der Waals surface area contributed by atoms with Crippen LogP contribution in [0, 0.1) is 0 Å². The van der Waals surface area contributed by atoms with Gasteiger partial charge < -0.3 is 20.5 Å². The van der Waals surface area contributed by atoms with Gasteiger partial charge in [-0.25, -0.2) is 0 Å². The topological polar surface area (TPSA) is 73.6 Å². The standard InChI is InChI=1S/C15H15BrN2O3/c1-20-10-4-6-14(21-2)11(8-10)15(19)18-9-3-5-12(16)13(17)7-9/h3-8H,17H2,1-2H3,(H,18,19).